The van der Waals surface area contributed by atoms with E-state index >= 15 is 0 Å². The lowest BCUT2D eigenvalue weighted by Gasteiger charge is -2.11. The Bertz CT molecular complexity index is 1380. The van der Waals surface area contributed by atoms with Gasteiger partial charge in [0.05, 0.1) is 5.56 Å². The van der Waals surface area contributed by atoms with E-state index in [1.807, 2.05) is 48.0 Å². The normalized spacial score (nSPS) is 11.3. The molecule has 0 aliphatic heterocycles. The molecule has 0 unspecified atom stereocenters. The smallest absolute Gasteiger partial charge is 0.308 e. The number of anilines is 2. The molecule has 0 spiro atoms. The van der Waals surface area contributed by atoms with Crippen LogP contribution in [-0.2, 0) is 12.7 Å². The standard InChI is InChI=1S/C26H20F3N3O2/c1-17-10-11-23-18(13-17)6-4-12-32(23)16-24(33)19-5-2-8-21(14-19)30-25(34)31-22-9-3-7-20(15-22)26(27,28)29/h2-15H,16H2,1H3,(H-,30,31,34)/p+1. The number of alkyl halides is 3. The van der Waals surface area contributed by atoms with Crippen LogP contribution in [0.3, 0.4) is 0 Å². The molecule has 8 heteroatoms. The Morgan fingerprint density at radius 3 is 2.29 bits per heavy atom. The molecule has 0 radical (unpaired) electrons. The number of hydrogen-bond donors (Lipinski definition) is 2. The third-order valence-electron chi connectivity index (χ3n) is 5.24. The van der Waals surface area contributed by atoms with Crippen LogP contribution in [0.5, 0.6) is 0 Å². The van der Waals surface area contributed by atoms with E-state index in [0.717, 1.165) is 28.6 Å². The maximum absolute atomic E-state index is 12.9. The molecule has 1 heterocycles. The number of amides is 2. The predicted molar refractivity (Wildman–Crippen MR) is 124 cm³/mol. The Labute approximate surface area is 193 Å². The van der Waals surface area contributed by atoms with Gasteiger partial charge in [-0.15, -0.1) is 0 Å². The zero-order chi connectivity index (χ0) is 24.3. The Balaban J connectivity index is 1.46. The van der Waals surface area contributed by atoms with E-state index in [1.165, 1.54) is 18.2 Å². The van der Waals surface area contributed by atoms with Crippen molar-refractivity contribution in [3.05, 3.63) is 102 Å². The van der Waals surface area contributed by atoms with E-state index in [-0.39, 0.29) is 18.0 Å². The fraction of sp³-hybridized carbons (Fsp3) is 0.115. The largest absolute Gasteiger partial charge is 0.416 e. The highest BCUT2D eigenvalue weighted by Gasteiger charge is 2.30. The molecule has 0 saturated carbocycles. The summed E-state index contributed by atoms with van der Waals surface area (Å²) in [5.74, 6) is -0.153. The molecule has 2 N–H and O–H groups in total. The number of fused-ring (bicyclic) bond motifs is 1. The second-order valence-electron chi connectivity index (χ2n) is 7.86. The van der Waals surface area contributed by atoms with Crippen LogP contribution in [0.2, 0.25) is 0 Å². The quantitative estimate of drug-likeness (QED) is 0.282. The highest BCUT2D eigenvalue weighted by molar-refractivity contribution is 6.01. The number of ketones is 1. The molecule has 34 heavy (non-hydrogen) atoms. The number of hydrogen-bond acceptors (Lipinski definition) is 2. The molecule has 0 bridgehead atoms. The number of urea groups is 1. The van der Waals surface area contributed by atoms with Gasteiger partial charge in [-0.2, -0.15) is 17.7 Å². The lowest BCUT2D eigenvalue weighted by atomic mass is 10.1. The zero-order valence-corrected chi connectivity index (χ0v) is 18.2. The summed E-state index contributed by atoms with van der Waals surface area (Å²) in [5, 5.41) is 5.96. The van der Waals surface area contributed by atoms with Crippen LogP contribution in [0.25, 0.3) is 10.9 Å². The number of carbonyl (C=O) groups excluding carboxylic acids is 2. The van der Waals surface area contributed by atoms with Gasteiger partial charge in [0.15, 0.2) is 6.20 Å². The van der Waals surface area contributed by atoms with Crippen LogP contribution in [0.1, 0.15) is 21.5 Å². The van der Waals surface area contributed by atoms with Crippen molar-refractivity contribution in [3.63, 3.8) is 0 Å². The molecule has 5 nitrogen and oxygen atoms in total. The minimum atomic E-state index is -4.51. The van der Waals surface area contributed by atoms with Gasteiger partial charge >= 0.3 is 12.2 Å². The number of pyridine rings is 1. The average molecular weight is 464 g/mol. The summed E-state index contributed by atoms with van der Waals surface area (Å²) in [6.45, 7) is 2.11. The maximum atomic E-state index is 12.9. The van der Waals surface area contributed by atoms with Crippen LogP contribution in [0, 0.1) is 6.92 Å². The number of Topliss-reactive ketones (excluding diaryl/α,β-unsaturated/α-hetero) is 1. The zero-order valence-electron chi connectivity index (χ0n) is 18.2. The van der Waals surface area contributed by atoms with Crippen molar-refractivity contribution >= 4 is 34.1 Å². The van der Waals surface area contributed by atoms with Gasteiger partial charge in [0.2, 0.25) is 17.8 Å². The van der Waals surface area contributed by atoms with Crippen molar-refractivity contribution in [2.75, 3.05) is 10.6 Å². The van der Waals surface area contributed by atoms with Crippen LogP contribution in [-0.4, -0.2) is 11.8 Å². The number of rotatable bonds is 5. The van der Waals surface area contributed by atoms with E-state index in [4.69, 9.17) is 0 Å². The van der Waals surface area contributed by atoms with Crippen LogP contribution >= 0.6 is 0 Å². The Hall–Kier alpha value is -4.20. The molecule has 0 aliphatic rings. The molecule has 1 aromatic heterocycles. The summed E-state index contributed by atoms with van der Waals surface area (Å²) in [5.41, 5.74) is 1.93. The van der Waals surface area contributed by atoms with E-state index in [2.05, 4.69) is 10.6 Å². The van der Waals surface area contributed by atoms with Crippen LogP contribution in [0.4, 0.5) is 29.3 Å². The van der Waals surface area contributed by atoms with Crippen molar-refractivity contribution < 1.29 is 27.3 Å². The monoisotopic (exact) mass is 464 g/mol. The lowest BCUT2D eigenvalue weighted by Crippen LogP contribution is -2.38. The first-order valence-corrected chi connectivity index (χ1v) is 10.5. The summed E-state index contributed by atoms with van der Waals surface area (Å²) in [4.78, 5) is 25.2. The maximum Gasteiger partial charge on any atom is 0.416 e. The summed E-state index contributed by atoms with van der Waals surface area (Å²) in [6, 6.07) is 19.9. The molecule has 2 amide bonds. The number of nitrogens with zero attached hydrogens (tertiary/aromatic N) is 1. The first kappa shape index (κ1) is 23.0. The number of benzene rings is 3. The molecule has 4 rings (SSSR count). The minimum Gasteiger partial charge on any atom is -0.308 e. The molecule has 0 fully saturated rings. The van der Waals surface area contributed by atoms with Gasteiger partial charge < -0.3 is 10.6 Å². The summed E-state index contributed by atoms with van der Waals surface area (Å²) in [6.07, 6.45) is -2.68. The van der Waals surface area contributed by atoms with Gasteiger partial charge in [-0.3, -0.25) is 4.79 Å². The number of carbonyl (C=O) groups is 2. The molecule has 0 saturated heterocycles. The van der Waals surface area contributed by atoms with Crippen molar-refractivity contribution in [2.24, 2.45) is 0 Å². The summed E-state index contributed by atoms with van der Waals surface area (Å²) in [7, 11) is 0. The molecular formula is C26H21F3N3O2+. The molecule has 3 aromatic carbocycles. The first-order valence-electron chi connectivity index (χ1n) is 10.5. The molecular weight excluding hydrogens is 443 g/mol. The van der Waals surface area contributed by atoms with Gasteiger partial charge in [0.25, 0.3) is 0 Å². The number of nitrogens with one attached hydrogen (secondary N) is 2. The van der Waals surface area contributed by atoms with Crippen molar-refractivity contribution in [1.82, 2.24) is 0 Å². The fourth-order valence-electron chi connectivity index (χ4n) is 3.62. The number of halogens is 3. The minimum absolute atomic E-state index is 0.00199. The Kier molecular flexibility index (Phi) is 6.32. The number of aromatic nitrogens is 1. The van der Waals surface area contributed by atoms with Crippen molar-refractivity contribution in [1.29, 1.82) is 0 Å². The van der Waals surface area contributed by atoms with Gasteiger partial charge in [-0.1, -0.05) is 29.8 Å². The van der Waals surface area contributed by atoms with Crippen LogP contribution < -0.4 is 15.2 Å². The van der Waals surface area contributed by atoms with Crippen molar-refractivity contribution in [3.8, 4) is 0 Å². The molecule has 0 atom stereocenters. The third kappa shape index (κ3) is 5.40. The summed E-state index contributed by atoms with van der Waals surface area (Å²) >= 11 is 0. The third-order valence-corrected chi connectivity index (χ3v) is 5.24. The SMILES string of the molecule is Cc1ccc2c(ccc[n+]2CC(=O)c2cccc(NC(=O)Nc3cccc(C(F)(F)F)c3)c2)c1. The van der Waals surface area contributed by atoms with Crippen molar-refractivity contribution in [2.45, 2.75) is 19.6 Å². The van der Waals surface area contributed by atoms with Gasteiger partial charge in [-0.05, 0) is 49.4 Å². The van der Waals surface area contributed by atoms with E-state index < -0.39 is 17.8 Å². The van der Waals surface area contributed by atoms with E-state index in [0.29, 0.717) is 11.3 Å². The number of aryl methyl sites for hydroxylation is 1. The molecule has 172 valence electrons. The second-order valence-corrected chi connectivity index (χ2v) is 7.86. The first-order chi connectivity index (χ1) is 16.2. The van der Waals surface area contributed by atoms with Gasteiger partial charge in [0.1, 0.15) is 0 Å². The summed E-state index contributed by atoms with van der Waals surface area (Å²) < 4.78 is 40.5. The molecule has 4 aromatic rings. The Morgan fingerprint density at radius 2 is 1.56 bits per heavy atom. The average Bonchev–Trinajstić information content (AvgIpc) is 2.78. The molecule has 0 aliphatic carbocycles. The fourth-order valence-corrected chi connectivity index (χ4v) is 3.62. The van der Waals surface area contributed by atoms with Crippen LogP contribution in [0.15, 0.2) is 85.1 Å². The highest BCUT2D eigenvalue weighted by Crippen LogP contribution is 2.30. The Morgan fingerprint density at radius 1 is 0.853 bits per heavy atom. The van der Waals surface area contributed by atoms with E-state index in [9.17, 15) is 22.8 Å². The predicted octanol–water partition coefficient (Wildman–Crippen LogP) is 5.98. The second kappa shape index (κ2) is 9.35. The van der Waals surface area contributed by atoms with Gasteiger partial charge in [0, 0.05) is 34.5 Å². The van der Waals surface area contributed by atoms with E-state index in [1.54, 1.807) is 18.2 Å². The lowest BCUT2D eigenvalue weighted by molar-refractivity contribution is -0.657. The highest BCUT2D eigenvalue weighted by atomic mass is 19.4. The van der Waals surface area contributed by atoms with Gasteiger partial charge in [-0.25, -0.2) is 4.79 Å². The topological polar surface area (TPSA) is 62.1 Å².